The van der Waals surface area contributed by atoms with E-state index in [0.29, 0.717) is 0 Å². The van der Waals surface area contributed by atoms with Crippen LogP contribution in [0.15, 0.2) is 175 Å². The molecule has 0 saturated heterocycles. The third-order valence-corrected chi connectivity index (χ3v) is 10.4. The minimum Gasteiger partial charge on any atom is -0.247 e. The molecular weight excluding hydrogens is 639 g/mol. The van der Waals surface area contributed by atoms with Crippen molar-refractivity contribution in [2.45, 2.75) is 4.90 Å². The molecule has 10 aromatic rings. The number of fused-ring (bicyclic) bond motifs is 7. The van der Waals surface area contributed by atoms with Crippen LogP contribution in [0.5, 0.6) is 0 Å². The van der Waals surface area contributed by atoms with Gasteiger partial charge >= 0.3 is 0 Å². The van der Waals surface area contributed by atoms with Crippen molar-refractivity contribution in [1.29, 1.82) is 0 Å². The number of benzene rings is 7. The van der Waals surface area contributed by atoms with Crippen LogP contribution in [-0.2, 0) is 0 Å². The first-order valence-corrected chi connectivity index (χ1v) is 17.5. The summed E-state index contributed by atoms with van der Waals surface area (Å²) in [5.41, 5.74) is 11.0. The van der Waals surface area contributed by atoms with Crippen LogP contribution >= 0.6 is 12.6 Å². The van der Waals surface area contributed by atoms with Crippen molar-refractivity contribution < 1.29 is 0 Å². The fourth-order valence-electron chi connectivity index (χ4n) is 7.51. The van der Waals surface area contributed by atoms with Crippen molar-refractivity contribution in [2.24, 2.45) is 0 Å². The number of pyridine rings is 3. The second-order valence-corrected chi connectivity index (χ2v) is 13.3. The van der Waals surface area contributed by atoms with Gasteiger partial charge in [0.1, 0.15) is 0 Å². The summed E-state index contributed by atoms with van der Waals surface area (Å²) in [6, 6.07) is 59.3. The molecule has 0 bridgehead atoms. The second kappa shape index (κ2) is 11.9. The Morgan fingerprint density at radius 3 is 1.63 bits per heavy atom. The molecule has 0 spiro atoms. The van der Waals surface area contributed by atoms with E-state index in [9.17, 15) is 0 Å². The standard InChI is InChI=1S/C47H29N3S/c51-47-33(29-11-3-1-4-12-29)25-28-42-43(47)37-15-7-8-16-39(37)46(50-42)38-20-10-17-34-35(38)18-9-19-36(34)41-27-24-32-22-21-31-23-26-40(30-13-5-2-6-14-30)48-44(31)45(32)49-41/h1-28,51H. The zero-order valence-electron chi connectivity index (χ0n) is 27.5. The van der Waals surface area contributed by atoms with Crippen LogP contribution in [0.1, 0.15) is 0 Å². The molecule has 0 fully saturated rings. The molecule has 0 aliphatic heterocycles. The van der Waals surface area contributed by atoms with E-state index >= 15 is 0 Å². The molecule has 0 unspecified atom stereocenters. The second-order valence-electron chi connectivity index (χ2n) is 12.9. The van der Waals surface area contributed by atoms with Gasteiger partial charge in [0, 0.05) is 43.1 Å². The highest BCUT2D eigenvalue weighted by atomic mass is 32.1. The largest absolute Gasteiger partial charge is 0.247 e. The van der Waals surface area contributed by atoms with Crippen LogP contribution in [0.2, 0.25) is 0 Å². The Morgan fingerprint density at radius 2 is 0.902 bits per heavy atom. The van der Waals surface area contributed by atoms with Gasteiger partial charge in [-0.1, -0.05) is 152 Å². The fourth-order valence-corrected chi connectivity index (χ4v) is 7.95. The number of hydrogen-bond donors (Lipinski definition) is 1. The van der Waals surface area contributed by atoms with E-state index in [1.54, 1.807) is 0 Å². The highest BCUT2D eigenvalue weighted by Crippen LogP contribution is 2.42. The van der Waals surface area contributed by atoms with Gasteiger partial charge in [0.2, 0.25) is 0 Å². The monoisotopic (exact) mass is 667 g/mol. The van der Waals surface area contributed by atoms with Crippen LogP contribution in [0.4, 0.5) is 0 Å². The fraction of sp³-hybridized carbons (Fsp3) is 0. The lowest BCUT2D eigenvalue weighted by Gasteiger charge is -2.16. The zero-order valence-corrected chi connectivity index (χ0v) is 28.3. The van der Waals surface area contributed by atoms with Crippen molar-refractivity contribution in [3.8, 4) is 44.9 Å². The lowest BCUT2D eigenvalue weighted by Crippen LogP contribution is -1.94. The molecule has 238 valence electrons. The van der Waals surface area contributed by atoms with Crippen LogP contribution < -0.4 is 0 Å². The third kappa shape index (κ3) is 4.87. The molecule has 0 amide bonds. The number of aromatic nitrogens is 3. The Kier molecular flexibility index (Phi) is 6.90. The topological polar surface area (TPSA) is 38.7 Å². The van der Waals surface area contributed by atoms with Gasteiger partial charge in [-0.3, -0.25) is 0 Å². The molecule has 3 aromatic heterocycles. The Labute approximate surface area is 300 Å². The van der Waals surface area contributed by atoms with Gasteiger partial charge < -0.3 is 0 Å². The minimum absolute atomic E-state index is 0.899. The first-order valence-electron chi connectivity index (χ1n) is 17.1. The van der Waals surface area contributed by atoms with Gasteiger partial charge in [-0.05, 0) is 45.5 Å². The summed E-state index contributed by atoms with van der Waals surface area (Å²) in [6.45, 7) is 0. The average Bonchev–Trinajstić information content (AvgIpc) is 3.20. The number of thiol groups is 1. The Hall–Kier alpha value is -6.36. The molecule has 0 aliphatic rings. The molecule has 3 nitrogen and oxygen atoms in total. The van der Waals surface area contributed by atoms with E-state index in [4.69, 9.17) is 27.6 Å². The lowest BCUT2D eigenvalue weighted by molar-refractivity contribution is 1.37. The molecule has 4 heteroatoms. The van der Waals surface area contributed by atoms with Gasteiger partial charge in [0.15, 0.2) is 0 Å². The molecule has 0 radical (unpaired) electrons. The summed E-state index contributed by atoms with van der Waals surface area (Å²) in [4.78, 5) is 16.7. The van der Waals surface area contributed by atoms with Crippen molar-refractivity contribution in [2.75, 3.05) is 0 Å². The van der Waals surface area contributed by atoms with E-state index in [2.05, 4.69) is 146 Å². The summed E-state index contributed by atoms with van der Waals surface area (Å²) in [5.74, 6) is 0. The van der Waals surface area contributed by atoms with Crippen molar-refractivity contribution in [3.05, 3.63) is 170 Å². The maximum absolute atomic E-state index is 5.36. The molecule has 10 rings (SSSR count). The number of rotatable bonds is 4. The average molecular weight is 668 g/mol. The summed E-state index contributed by atoms with van der Waals surface area (Å²) in [6.07, 6.45) is 0. The van der Waals surface area contributed by atoms with Gasteiger partial charge in [-0.15, -0.1) is 12.6 Å². The maximum atomic E-state index is 5.36. The highest BCUT2D eigenvalue weighted by Gasteiger charge is 2.18. The van der Waals surface area contributed by atoms with Crippen LogP contribution in [-0.4, -0.2) is 15.0 Å². The van der Waals surface area contributed by atoms with E-state index in [-0.39, 0.29) is 0 Å². The quantitative estimate of drug-likeness (QED) is 0.150. The van der Waals surface area contributed by atoms with Crippen molar-refractivity contribution >= 4 is 66.9 Å². The SMILES string of the molecule is Sc1c(-c2ccccc2)ccc2nc(-c3cccc4c(-c5ccc6ccc7ccc(-c8ccccc8)nc7c6n5)cccc34)c3ccccc3c12. The highest BCUT2D eigenvalue weighted by molar-refractivity contribution is 7.80. The van der Waals surface area contributed by atoms with Gasteiger partial charge in [-0.25, -0.2) is 15.0 Å². The first-order chi connectivity index (χ1) is 25.2. The molecule has 0 aliphatic carbocycles. The Balaban J connectivity index is 1.16. The Morgan fingerprint density at radius 1 is 0.353 bits per heavy atom. The van der Waals surface area contributed by atoms with E-state index < -0.39 is 0 Å². The minimum atomic E-state index is 0.899. The van der Waals surface area contributed by atoms with E-state index in [0.717, 1.165) is 104 Å². The predicted octanol–water partition coefficient (Wildman–Crippen LogP) is 12.6. The molecule has 3 heterocycles. The smallest absolute Gasteiger partial charge is 0.0972 e. The van der Waals surface area contributed by atoms with Gasteiger partial charge in [-0.2, -0.15) is 0 Å². The van der Waals surface area contributed by atoms with Crippen LogP contribution in [0.25, 0.3) is 99.2 Å². The Bertz CT molecular complexity index is 2970. The summed E-state index contributed by atoms with van der Waals surface area (Å²) in [7, 11) is 0. The number of nitrogens with zero attached hydrogens (tertiary/aromatic N) is 3. The molecule has 7 aromatic carbocycles. The zero-order chi connectivity index (χ0) is 33.9. The third-order valence-electron chi connectivity index (χ3n) is 9.97. The normalized spacial score (nSPS) is 11.6. The van der Waals surface area contributed by atoms with Crippen LogP contribution in [0, 0.1) is 0 Å². The molecule has 0 N–H and O–H groups in total. The van der Waals surface area contributed by atoms with E-state index in [1.165, 1.54) is 0 Å². The summed E-state index contributed by atoms with van der Waals surface area (Å²) in [5, 5.41) is 7.69. The molecule has 0 atom stereocenters. The predicted molar refractivity (Wildman–Crippen MR) is 216 cm³/mol. The van der Waals surface area contributed by atoms with Crippen molar-refractivity contribution in [3.63, 3.8) is 0 Å². The van der Waals surface area contributed by atoms with Gasteiger partial charge in [0.05, 0.1) is 33.6 Å². The lowest BCUT2D eigenvalue weighted by atomic mass is 9.93. The maximum Gasteiger partial charge on any atom is 0.0972 e. The molecule has 0 saturated carbocycles. The number of hydrogen-bond acceptors (Lipinski definition) is 4. The first kappa shape index (κ1) is 29.5. The summed E-state index contributed by atoms with van der Waals surface area (Å²) < 4.78 is 0. The molecule has 51 heavy (non-hydrogen) atoms. The van der Waals surface area contributed by atoms with Crippen molar-refractivity contribution in [1.82, 2.24) is 15.0 Å². The molecular formula is C47H29N3S. The van der Waals surface area contributed by atoms with E-state index in [1.807, 2.05) is 24.3 Å². The van der Waals surface area contributed by atoms with Gasteiger partial charge in [0.25, 0.3) is 0 Å². The van der Waals surface area contributed by atoms with Crippen LogP contribution in [0.3, 0.4) is 0 Å². The summed E-state index contributed by atoms with van der Waals surface area (Å²) >= 11 is 5.11.